The number of amides is 1. The van der Waals surface area contributed by atoms with Crippen molar-refractivity contribution in [3.8, 4) is 5.75 Å². The predicted octanol–water partition coefficient (Wildman–Crippen LogP) is 5.86. The lowest BCUT2D eigenvalue weighted by Crippen LogP contribution is -2.27. The second-order valence-corrected chi connectivity index (χ2v) is 11.3. The highest BCUT2D eigenvalue weighted by atomic mass is 79.9. The maximum atomic E-state index is 12.2. The molecule has 0 radical (unpaired) electrons. The van der Waals surface area contributed by atoms with E-state index in [1.807, 2.05) is 19.1 Å². The van der Waals surface area contributed by atoms with Gasteiger partial charge >= 0.3 is 11.3 Å². The van der Waals surface area contributed by atoms with E-state index in [0.717, 1.165) is 30.2 Å². The number of phenolic OH excluding ortho intramolecular Hbond substituents is 1. The smallest absolute Gasteiger partial charge is 0.343 e. The van der Waals surface area contributed by atoms with E-state index in [4.69, 9.17) is 13.6 Å². The van der Waals surface area contributed by atoms with E-state index in [1.165, 1.54) is 31.2 Å². The van der Waals surface area contributed by atoms with Gasteiger partial charge in [0.25, 0.3) is 0 Å². The molecule has 1 atom stereocenters. The van der Waals surface area contributed by atoms with Crippen molar-refractivity contribution in [2.24, 2.45) is 5.92 Å². The van der Waals surface area contributed by atoms with Crippen molar-refractivity contribution in [2.75, 3.05) is 13.7 Å². The molecule has 10 nitrogen and oxygen atoms in total. The average molecular weight is 683 g/mol. The van der Waals surface area contributed by atoms with E-state index < -0.39 is 11.3 Å². The lowest BCUT2D eigenvalue weighted by atomic mass is 9.96. The Morgan fingerprint density at radius 2 is 1.78 bits per heavy atom. The number of carbonyl (C=O) groups is 3. The lowest BCUT2D eigenvalue weighted by Gasteiger charge is -2.11. The van der Waals surface area contributed by atoms with E-state index in [1.54, 1.807) is 32.2 Å². The van der Waals surface area contributed by atoms with Crippen molar-refractivity contribution in [1.82, 2.24) is 5.32 Å². The summed E-state index contributed by atoms with van der Waals surface area (Å²) in [5.41, 5.74) is 1.32. The van der Waals surface area contributed by atoms with Gasteiger partial charge in [-0.15, -0.1) is 0 Å². The van der Waals surface area contributed by atoms with E-state index in [-0.39, 0.29) is 47.8 Å². The van der Waals surface area contributed by atoms with Crippen LogP contribution in [0.4, 0.5) is 0 Å². The van der Waals surface area contributed by atoms with Gasteiger partial charge in [0.15, 0.2) is 5.78 Å². The number of hydrogen-bond acceptors (Lipinski definition) is 9. The van der Waals surface area contributed by atoms with Crippen LogP contribution in [0.5, 0.6) is 5.75 Å². The van der Waals surface area contributed by atoms with Crippen molar-refractivity contribution >= 4 is 61.4 Å². The average Bonchev–Trinajstić information content (AvgIpc) is 2.98. The third-order valence-corrected chi connectivity index (χ3v) is 7.74. The molecule has 0 saturated carbocycles. The quantitative estimate of drug-likeness (QED) is 0.106. The highest BCUT2D eigenvalue weighted by molar-refractivity contribution is 9.10. The first kappa shape index (κ1) is 35.1. The molecule has 1 unspecified atom stereocenters. The summed E-state index contributed by atoms with van der Waals surface area (Å²) >= 11 is 3.22. The molecule has 0 aliphatic heterocycles. The fourth-order valence-corrected chi connectivity index (χ4v) is 5.13. The molecule has 0 bridgehead atoms. The summed E-state index contributed by atoms with van der Waals surface area (Å²) in [4.78, 5) is 58.3. The van der Waals surface area contributed by atoms with Crippen LogP contribution in [-0.2, 0) is 32.1 Å². The minimum Gasteiger partial charge on any atom is -0.507 e. The van der Waals surface area contributed by atoms with E-state index in [2.05, 4.69) is 21.2 Å². The first-order valence-electron chi connectivity index (χ1n) is 14.4. The van der Waals surface area contributed by atoms with Gasteiger partial charge in [0.05, 0.1) is 23.1 Å². The number of nitrogens with one attached hydrogen (secondary N) is 1. The molecular formula is C34H36BrNO9. The van der Waals surface area contributed by atoms with Gasteiger partial charge in [0.2, 0.25) is 5.91 Å². The number of carbonyl (C=O) groups excluding carboxylic acids is 3. The predicted molar refractivity (Wildman–Crippen MR) is 175 cm³/mol. The summed E-state index contributed by atoms with van der Waals surface area (Å²) in [5.74, 6) is -0.166. The Kier molecular flexibility index (Phi) is 13.0. The van der Waals surface area contributed by atoms with Crippen molar-refractivity contribution in [3.63, 3.8) is 0 Å². The maximum absolute atomic E-state index is 12.2. The number of Topliss-reactive ketones (excluding diaryl/α,β-unsaturated/α-hetero) is 1. The maximum Gasteiger partial charge on any atom is 0.343 e. The molecular weight excluding hydrogens is 646 g/mol. The molecule has 45 heavy (non-hydrogen) atoms. The van der Waals surface area contributed by atoms with Gasteiger partial charge in [-0.05, 0) is 78.9 Å². The Morgan fingerprint density at radius 3 is 2.44 bits per heavy atom. The fourth-order valence-electron chi connectivity index (χ4n) is 4.79. The second kappa shape index (κ2) is 16.6. The standard InChI is InChI=1S/C19H22BrNO5.C15H14O4/c1-3-12(11(2)22)5-4-6-21-18(24)7-13-8-19(25)26-17-10-16(23)15(20)9-14(13)17;1-10(16)7-8-12-13(9-18-2)11-5-3-4-6-14(11)19-15(12)17/h8-10,12,23H,3-7H2,1-2H3,(H,21,24);3-8H,9H2,1-2H3/b;8-7+. The van der Waals surface area contributed by atoms with Crippen LogP contribution < -0.4 is 16.6 Å². The molecule has 0 fully saturated rings. The van der Waals surface area contributed by atoms with Gasteiger partial charge in [0, 0.05) is 48.0 Å². The summed E-state index contributed by atoms with van der Waals surface area (Å²) in [7, 11) is 1.56. The molecule has 238 valence electrons. The zero-order chi connectivity index (χ0) is 33.1. The van der Waals surface area contributed by atoms with Gasteiger partial charge < -0.3 is 24.0 Å². The van der Waals surface area contributed by atoms with Gasteiger partial charge in [-0.3, -0.25) is 14.4 Å². The van der Waals surface area contributed by atoms with Gasteiger partial charge in [-0.25, -0.2) is 9.59 Å². The van der Waals surface area contributed by atoms with Crippen molar-refractivity contribution in [2.45, 2.75) is 53.1 Å². The second-order valence-electron chi connectivity index (χ2n) is 10.4. The van der Waals surface area contributed by atoms with Crippen LogP contribution in [0.1, 0.15) is 56.7 Å². The number of methoxy groups -OCH3 is 1. The van der Waals surface area contributed by atoms with Crippen molar-refractivity contribution < 1.29 is 33.1 Å². The van der Waals surface area contributed by atoms with Crippen molar-refractivity contribution in [1.29, 1.82) is 0 Å². The zero-order valence-electron chi connectivity index (χ0n) is 25.6. The number of ether oxygens (including phenoxy) is 1. The number of aromatic hydroxyl groups is 1. The molecule has 4 aromatic rings. The van der Waals surface area contributed by atoms with E-state index in [9.17, 15) is 29.1 Å². The molecule has 0 aliphatic carbocycles. The number of hydrogen-bond donors (Lipinski definition) is 2. The number of fused-ring (bicyclic) bond motifs is 2. The van der Waals surface area contributed by atoms with Gasteiger partial charge in [0.1, 0.15) is 22.7 Å². The summed E-state index contributed by atoms with van der Waals surface area (Å²) < 4.78 is 15.9. The summed E-state index contributed by atoms with van der Waals surface area (Å²) in [6, 6.07) is 11.5. The van der Waals surface area contributed by atoms with Crippen LogP contribution in [0.3, 0.4) is 0 Å². The monoisotopic (exact) mass is 681 g/mol. The molecule has 2 N–H and O–H groups in total. The number of ketones is 2. The number of halogens is 1. The fraction of sp³-hybridized carbons (Fsp3) is 0.324. The Bertz CT molecular complexity index is 1840. The minimum atomic E-state index is -0.575. The SMILES string of the molecule is CCC(CCCNC(=O)Cc1cc(=O)oc2cc(O)c(Br)cc12)C(C)=O.COCc1c(/C=C/C(C)=O)c(=O)oc2ccccc12. The zero-order valence-corrected chi connectivity index (χ0v) is 27.2. The molecule has 0 saturated heterocycles. The normalized spacial score (nSPS) is 11.8. The third kappa shape index (κ3) is 9.82. The van der Waals surface area contributed by atoms with Crippen LogP contribution in [0.15, 0.2) is 71.4 Å². The first-order valence-corrected chi connectivity index (χ1v) is 15.2. The largest absolute Gasteiger partial charge is 0.507 e. The summed E-state index contributed by atoms with van der Waals surface area (Å²) in [5, 5.41) is 13.9. The van der Waals surface area contributed by atoms with Crippen LogP contribution in [0.25, 0.3) is 28.0 Å². The molecule has 0 aliphatic rings. The molecule has 0 spiro atoms. The van der Waals surface area contributed by atoms with Gasteiger partial charge in [-0.1, -0.05) is 25.1 Å². The summed E-state index contributed by atoms with van der Waals surface area (Å²) in [6.45, 7) is 5.76. The minimum absolute atomic E-state index is 0.0310. The Morgan fingerprint density at radius 1 is 1.04 bits per heavy atom. The Balaban J connectivity index is 0.000000257. The molecule has 2 heterocycles. The molecule has 4 rings (SSSR count). The molecule has 2 aromatic heterocycles. The third-order valence-electron chi connectivity index (χ3n) is 7.10. The van der Waals surface area contributed by atoms with Crippen LogP contribution in [0, 0.1) is 5.92 Å². The van der Waals surface area contributed by atoms with E-state index >= 15 is 0 Å². The van der Waals surface area contributed by atoms with Gasteiger partial charge in [-0.2, -0.15) is 0 Å². The molecule has 11 heteroatoms. The highest BCUT2D eigenvalue weighted by Crippen LogP contribution is 2.30. The molecule has 1 amide bonds. The number of benzene rings is 2. The first-order chi connectivity index (χ1) is 21.4. The summed E-state index contributed by atoms with van der Waals surface area (Å²) in [6.07, 6.45) is 5.13. The van der Waals surface area contributed by atoms with Crippen molar-refractivity contribution in [3.05, 3.63) is 90.5 Å². The number of allylic oxidation sites excluding steroid dienone is 1. The van der Waals surface area contributed by atoms with Crippen LogP contribution in [-0.4, -0.2) is 36.2 Å². The Hall–Kier alpha value is -4.35. The number of phenols is 1. The number of rotatable bonds is 12. The van der Waals surface area contributed by atoms with Crippen LogP contribution in [0.2, 0.25) is 0 Å². The highest BCUT2D eigenvalue weighted by Gasteiger charge is 2.15. The van der Waals surface area contributed by atoms with E-state index in [0.29, 0.717) is 33.1 Å². The number of para-hydroxylation sites is 1. The lowest BCUT2D eigenvalue weighted by molar-refractivity contribution is -0.121. The molecule has 2 aromatic carbocycles. The van der Waals surface area contributed by atoms with Crippen LogP contribution >= 0.6 is 15.9 Å². The topological polar surface area (TPSA) is 153 Å². The Labute approximate surface area is 268 Å².